The van der Waals surface area contributed by atoms with Gasteiger partial charge in [0.1, 0.15) is 5.65 Å². The van der Waals surface area contributed by atoms with Crippen LogP contribution in [0, 0.1) is 34.4 Å². The number of aromatic nitrogens is 4. The fourth-order valence-corrected chi connectivity index (χ4v) is 10.7. The monoisotopic (exact) mass is 576 g/mol. The maximum atomic E-state index is 14.5. The number of halogens is 1. The first-order chi connectivity index (χ1) is 19.5. The van der Waals surface area contributed by atoms with E-state index in [0.29, 0.717) is 40.5 Å². The predicted molar refractivity (Wildman–Crippen MR) is 157 cm³/mol. The Hall–Kier alpha value is -3.20. The average molecular weight is 577 g/mol. The molecule has 4 atom stereocenters. The Balaban J connectivity index is 1.21. The molecule has 0 radical (unpaired) electrons. The van der Waals surface area contributed by atoms with Crippen LogP contribution >= 0.6 is 0 Å². The molecule has 4 heterocycles. The SMILES string of the molecule is COc1ccc(-c2ccc3c(CCC(C)(C)[C@]45CC6CC4C(C5)CS(=O)(=O)C6)cn(-c4cnn(C)c4)c3n2)cc1F. The van der Waals surface area contributed by atoms with Crippen LogP contribution in [0.3, 0.4) is 0 Å². The van der Waals surface area contributed by atoms with Crippen molar-refractivity contribution in [2.75, 3.05) is 18.6 Å². The highest BCUT2D eigenvalue weighted by Crippen LogP contribution is 2.72. The molecule has 7 nitrogen and oxygen atoms in total. The van der Waals surface area contributed by atoms with Crippen LogP contribution in [0.15, 0.2) is 48.9 Å². The lowest BCUT2D eigenvalue weighted by molar-refractivity contribution is -0.106. The maximum absolute atomic E-state index is 14.5. The maximum Gasteiger partial charge on any atom is 0.165 e. The molecule has 9 heteroatoms. The van der Waals surface area contributed by atoms with Gasteiger partial charge in [0.2, 0.25) is 0 Å². The smallest absolute Gasteiger partial charge is 0.165 e. The normalized spacial score (nSPS) is 26.6. The van der Waals surface area contributed by atoms with E-state index >= 15 is 0 Å². The van der Waals surface area contributed by atoms with E-state index in [-0.39, 0.29) is 16.6 Å². The van der Waals surface area contributed by atoms with Crippen LogP contribution in [-0.2, 0) is 23.3 Å². The molecular weight excluding hydrogens is 539 g/mol. The van der Waals surface area contributed by atoms with E-state index < -0.39 is 15.7 Å². The van der Waals surface area contributed by atoms with Crippen molar-refractivity contribution in [3.63, 3.8) is 0 Å². The number of hydrogen-bond acceptors (Lipinski definition) is 5. The summed E-state index contributed by atoms with van der Waals surface area (Å²) in [4.78, 5) is 5.02. The second-order valence-corrected chi connectivity index (χ2v) is 15.5. The predicted octanol–water partition coefficient (Wildman–Crippen LogP) is 5.99. The zero-order valence-electron chi connectivity index (χ0n) is 24.1. The van der Waals surface area contributed by atoms with Crippen molar-refractivity contribution in [2.45, 2.75) is 46.0 Å². The molecule has 2 saturated carbocycles. The van der Waals surface area contributed by atoms with Crippen LogP contribution in [0.25, 0.3) is 28.0 Å². The second kappa shape index (κ2) is 9.15. The fourth-order valence-electron chi connectivity index (χ4n) is 8.55. The van der Waals surface area contributed by atoms with E-state index in [1.54, 1.807) is 10.7 Å². The van der Waals surface area contributed by atoms with Crippen LogP contribution in [0.2, 0.25) is 0 Å². The number of rotatable bonds is 7. The first-order valence-electron chi connectivity index (χ1n) is 14.5. The lowest BCUT2D eigenvalue weighted by atomic mass is 9.45. The molecule has 41 heavy (non-hydrogen) atoms. The highest BCUT2D eigenvalue weighted by molar-refractivity contribution is 7.91. The van der Waals surface area contributed by atoms with Crippen molar-refractivity contribution in [2.24, 2.45) is 35.6 Å². The minimum absolute atomic E-state index is 0.0980. The Bertz CT molecular complexity index is 1760. The van der Waals surface area contributed by atoms with Crippen LogP contribution in [0.5, 0.6) is 5.75 Å². The van der Waals surface area contributed by atoms with Gasteiger partial charge in [0.05, 0.1) is 36.2 Å². The van der Waals surface area contributed by atoms with Crippen molar-refractivity contribution in [1.82, 2.24) is 19.3 Å². The van der Waals surface area contributed by atoms with E-state index in [9.17, 15) is 12.8 Å². The highest BCUT2D eigenvalue weighted by atomic mass is 32.2. The fraction of sp³-hybridized carbons (Fsp3) is 0.500. The van der Waals surface area contributed by atoms with Gasteiger partial charge in [-0.1, -0.05) is 13.8 Å². The molecule has 4 aromatic rings. The van der Waals surface area contributed by atoms with Crippen molar-refractivity contribution in [1.29, 1.82) is 0 Å². The summed E-state index contributed by atoms with van der Waals surface area (Å²) in [5.74, 6) is 1.74. The Morgan fingerprint density at radius 1 is 1.15 bits per heavy atom. The third-order valence-corrected chi connectivity index (χ3v) is 12.5. The standard InChI is InChI=1S/C32H37FN4O3S/c1-31(2,32-13-20-11-26(32)23(14-32)19-41(38,39)18-20)10-9-22-16-37(24-15-34-36(3)17-24)30-25(22)6-7-28(35-30)21-5-8-29(40-4)27(33)12-21/h5-8,12,15-17,20,23,26H,9-11,13-14,18-19H2,1-4H3/t20?,23?,26?,32-/m0/s1. The molecule has 2 aliphatic carbocycles. The van der Waals surface area contributed by atoms with Crippen LogP contribution in [-0.4, -0.2) is 46.4 Å². The van der Waals surface area contributed by atoms with Gasteiger partial charge in [-0.05, 0) is 96.6 Å². The average Bonchev–Trinajstić information content (AvgIpc) is 3.57. The molecule has 3 aliphatic rings. The Labute approximate surface area is 240 Å². The van der Waals surface area contributed by atoms with Gasteiger partial charge in [0.15, 0.2) is 21.4 Å². The summed E-state index contributed by atoms with van der Waals surface area (Å²) < 4.78 is 48.5. The minimum Gasteiger partial charge on any atom is -0.494 e. The molecule has 0 spiro atoms. The summed E-state index contributed by atoms with van der Waals surface area (Å²) in [5, 5.41) is 5.47. The summed E-state index contributed by atoms with van der Waals surface area (Å²) in [5.41, 5.74) is 4.69. The first kappa shape index (κ1) is 26.7. The number of benzene rings is 1. The topological polar surface area (TPSA) is 79.0 Å². The molecule has 1 aromatic carbocycles. The van der Waals surface area contributed by atoms with Gasteiger partial charge in [-0.15, -0.1) is 0 Å². The van der Waals surface area contributed by atoms with Crippen LogP contribution in [0.1, 0.15) is 45.1 Å². The second-order valence-electron chi connectivity index (χ2n) is 13.3. The molecule has 0 N–H and O–H groups in total. The number of fused-ring (bicyclic) bond motifs is 2. The number of sulfone groups is 1. The Morgan fingerprint density at radius 2 is 1.98 bits per heavy atom. The molecule has 7 rings (SSSR count). The largest absolute Gasteiger partial charge is 0.494 e. The number of hydrogen-bond donors (Lipinski definition) is 0. The number of nitrogens with zero attached hydrogens (tertiary/aromatic N) is 4. The zero-order valence-corrected chi connectivity index (χ0v) is 24.9. The van der Waals surface area contributed by atoms with Gasteiger partial charge in [-0.2, -0.15) is 5.10 Å². The number of ether oxygens (including phenoxy) is 1. The molecule has 3 fully saturated rings. The number of methoxy groups -OCH3 is 1. The summed E-state index contributed by atoms with van der Waals surface area (Å²) in [6, 6.07) is 8.98. The van der Waals surface area contributed by atoms with Gasteiger partial charge < -0.3 is 4.74 Å². The summed E-state index contributed by atoms with van der Waals surface area (Å²) in [7, 11) is 0.447. The van der Waals surface area contributed by atoms with E-state index in [1.807, 2.05) is 31.6 Å². The molecule has 0 amide bonds. The van der Waals surface area contributed by atoms with Crippen LogP contribution < -0.4 is 4.74 Å². The molecule has 216 valence electrons. The van der Waals surface area contributed by atoms with Crippen LogP contribution in [0.4, 0.5) is 4.39 Å². The third kappa shape index (κ3) is 4.22. The number of aryl methyl sites for hydroxylation is 2. The van der Waals surface area contributed by atoms with Gasteiger partial charge in [0.25, 0.3) is 0 Å². The number of pyridine rings is 1. The van der Waals surface area contributed by atoms with Gasteiger partial charge in [-0.25, -0.2) is 17.8 Å². The van der Waals surface area contributed by atoms with Crippen molar-refractivity contribution < 1.29 is 17.5 Å². The summed E-state index contributed by atoms with van der Waals surface area (Å²) in [6.07, 6.45) is 11.1. The van der Waals surface area contributed by atoms with E-state index in [2.05, 4.69) is 35.8 Å². The van der Waals surface area contributed by atoms with Crippen molar-refractivity contribution in [3.05, 3.63) is 60.3 Å². The molecule has 1 aliphatic heterocycles. The lowest BCUT2D eigenvalue weighted by Gasteiger charge is -2.60. The van der Waals surface area contributed by atoms with E-state index in [4.69, 9.17) is 9.72 Å². The molecule has 3 aromatic heterocycles. The zero-order chi connectivity index (χ0) is 28.7. The summed E-state index contributed by atoms with van der Waals surface area (Å²) >= 11 is 0. The quantitative estimate of drug-likeness (QED) is 0.270. The first-order valence-corrected chi connectivity index (χ1v) is 16.4. The van der Waals surface area contributed by atoms with E-state index in [0.717, 1.165) is 48.8 Å². The van der Waals surface area contributed by atoms with Gasteiger partial charge in [-0.3, -0.25) is 9.25 Å². The third-order valence-electron chi connectivity index (χ3n) is 10.6. The van der Waals surface area contributed by atoms with Gasteiger partial charge >= 0.3 is 0 Å². The summed E-state index contributed by atoms with van der Waals surface area (Å²) in [6.45, 7) is 4.81. The molecule has 2 bridgehead atoms. The molecule has 3 unspecified atom stereocenters. The van der Waals surface area contributed by atoms with Crippen molar-refractivity contribution in [3.8, 4) is 22.7 Å². The minimum atomic E-state index is -2.91. The molecular formula is C32H37FN4O3S. The highest BCUT2D eigenvalue weighted by Gasteiger charge is 2.66. The van der Waals surface area contributed by atoms with Crippen molar-refractivity contribution >= 4 is 20.9 Å². The van der Waals surface area contributed by atoms with E-state index in [1.165, 1.54) is 18.7 Å². The van der Waals surface area contributed by atoms with Gasteiger partial charge in [0, 0.05) is 30.4 Å². The Morgan fingerprint density at radius 3 is 2.71 bits per heavy atom. The Kier molecular flexibility index (Phi) is 5.95. The lowest BCUT2D eigenvalue weighted by Crippen LogP contribution is -2.55. The molecule has 1 saturated heterocycles.